The Hall–Kier alpha value is -5.76. The van der Waals surface area contributed by atoms with Crippen molar-refractivity contribution in [3.8, 4) is 17.3 Å². The molecule has 1 fully saturated rings. The molecule has 0 bridgehead atoms. The summed E-state index contributed by atoms with van der Waals surface area (Å²) in [7, 11) is 0. The van der Waals surface area contributed by atoms with Crippen molar-refractivity contribution in [3.05, 3.63) is 103 Å². The van der Waals surface area contributed by atoms with Crippen molar-refractivity contribution in [2.24, 2.45) is 0 Å². The number of nitriles is 1. The maximum atomic E-state index is 13.2. The number of nitrogens with one attached hydrogen (secondary N) is 3. The maximum Gasteiger partial charge on any atom is 0.253 e. The standard InChI is InChI=1S/C31H27N9O2/c32-16-22-17-35-31(38-29(22)26-18-34-27-5-2-1-4-25(26)27)37-24-11-14-40(19-24)30(42)21-7-9-23(10-8-21)36-28(41)6-3-13-39-15-12-33-20-39/h1-10,12,15,17-18,20,24,34H,11,13-14,19H2,(H,36,41)(H,35,37,38)/t24-/m1/s1. The molecule has 0 unspecified atom stereocenters. The molecule has 0 saturated carbocycles. The van der Waals surface area contributed by atoms with E-state index < -0.39 is 0 Å². The van der Waals surface area contributed by atoms with Crippen LogP contribution in [0.5, 0.6) is 0 Å². The number of allylic oxidation sites excluding steroid dienone is 1. The molecule has 6 rings (SSSR count). The van der Waals surface area contributed by atoms with E-state index in [0.29, 0.717) is 48.1 Å². The summed E-state index contributed by atoms with van der Waals surface area (Å²) in [6, 6.07) is 16.9. The second-order valence-electron chi connectivity index (χ2n) is 9.93. The Balaban J connectivity index is 1.06. The molecule has 42 heavy (non-hydrogen) atoms. The molecule has 1 atom stereocenters. The molecule has 0 spiro atoms. The van der Waals surface area contributed by atoms with Gasteiger partial charge in [0.2, 0.25) is 11.9 Å². The topological polar surface area (TPSA) is 145 Å². The Bertz CT molecular complexity index is 1800. The van der Waals surface area contributed by atoms with E-state index in [1.165, 1.54) is 12.3 Å². The minimum Gasteiger partial charge on any atom is -0.360 e. The maximum absolute atomic E-state index is 13.2. The first-order valence-corrected chi connectivity index (χ1v) is 13.5. The first kappa shape index (κ1) is 26.5. The molecule has 11 heteroatoms. The summed E-state index contributed by atoms with van der Waals surface area (Å²) >= 11 is 0. The first-order chi connectivity index (χ1) is 20.6. The van der Waals surface area contributed by atoms with Crippen molar-refractivity contribution in [1.82, 2.24) is 29.4 Å². The fourth-order valence-corrected chi connectivity index (χ4v) is 4.99. The molecule has 3 aromatic heterocycles. The molecule has 0 radical (unpaired) electrons. The zero-order valence-corrected chi connectivity index (χ0v) is 22.6. The van der Waals surface area contributed by atoms with Crippen molar-refractivity contribution in [1.29, 1.82) is 5.26 Å². The molecular weight excluding hydrogens is 530 g/mol. The number of para-hydroxylation sites is 1. The van der Waals surface area contributed by atoms with Gasteiger partial charge in [0.15, 0.2) is 0 Å². The van der Waals surface area contributed by atoms with Crippen LogP contribution in [0.4, 0.5) is 11.6 Å². The number of imidazole rings is 1. The number of H-pyrrole nitrogens is 1. The molecule has 3 N–H and O–H groups in total. The first-order valence-electron chi connectivity index (χ1n) is 13.5. The third-order valence-electron chi connectivity index (χ3n) is 7.11. The summed E-state index contributed by atoms with van der Waals surface area (Å²) in [5.74, 6) is 0.0749. The van der Waals surface area contributed by atoms with E-state index >= 15 is 0 Å². The van der Waals surface area contributed by atoms with E-state index in [4.69, 9.17) is 0 Å². The molecule has 11 nitrogen and oxygen atoms in total. The number of aromatic nitrogens is 5. The number of hydrogen-bond acceptors (Lipinski definition) is 7. The quantitative estimate of drug-likeness (QED) is 0.242. The average molecular weight is 558 g/mol. The van der Waals surface area contributed by atoms with Gasteiger partial charge in [0, 0.05) is 78.1 Å². The lowest BCUT2D eigenvalue weighted by Gasteiger charge is -2.18. The summed E-state index contributed by atoms with van der Waals surface area (Å²) in [4.78, 5) is 43.4. The fraction of sp³-hybridized carbons (Fsp3) is 0.161. The van der Waals surface area contributed by atoms with Crippen LogP contribution in [0.25, 0.3) is 22.2 Å². The zero-order valence-electron chi connectivity index (χ0n) is 22.6. The number of nitrogens with zero attached hydrogens (tertiary/aromatic N) is 6. The van der Waals surface area contributed by atoms with Crippen LogP contribution in [0.1, 0.15) is 22.3 Å². The van der Waals surface area contributed by atoms with Crippen LogP contribution in [0.3, 0.4) is 0 Å². The van der Waals surface area contributed by atoms with E-state index in [9.17, 15) is 14.9 Å². The number of likely N-dealkylation sites (tertiary alicyclic amines) is 1. The van der Waals surface area contributed by atoms with Crippen LogP contribution in [0.2, 0.25) is 0 Å². The lowest BCUT2D eigenvalue weighted by Crippen LogP contribution is -2.31. The largest absolute Gasteiger partial charge is 0.360 e. The number of rotatable bonds is 8. The number of carbonyl (C=O) groups is 2. The van der Waals surface area contributed by atoms with E-state index in [2.05, 4.69) is 36.6 Å². The molecule has 208 valence electrons. The van der Waals surface area contributed by atoms with Crippen LogP contribution < -0.4 is 10.6 Å². The van der Waals surface area contributed by atoms with Gasteiger partial charge in [-0.2, -0.15) is 5.26 Å². The Morgan fingerprint density at radius 2 is 2.02 bits per heavy atom. The highest BCUT2D eigenvalue weighted by Gasteiger charge is 2.28. The third-order valence-corrected chi connectivity index (χ3v) is 7.11. The number of anilines is 2. The third kappa shape index (κ3) is 5.73. The second-order valence-corrected chi connectivity index (χ2v) is 9.93. The number of hydrogen-bond donors (Lipinski definition) is 3. The summed E-state index contributed by atoms with van der Waals surface area (Å²) in [6.45, 7) is 1.63. The highest BCUT2D eigenvalue weighted by Crippen LogP contribution is 2.30. The van der Waals surface area contributed by atoms with Gasteiger partial charge in [-0.15, -0.1) is 0 Å². The van der Waals surface area contributed by atoms with E-state index in [0.717, 1.165) is 22.9 Å². The van der Waals surface area contributed by atoms with Crippen molar-refractivity contribution in [2.75, 3.05) is 23.7 Å². The van der Waals surface area contributed by atoms with Crippen LogP contribution in [0, 0.1) is 11.3 Å². The van der Waals surface area contributed by atoms with Gasteiger partial charge >= 0.3 is 0 Å². The molecule has 4 heterocycles. The van der Waals surface area contributed by atoms with Gasteiger partial charge in [0.05, 0.1) is 23.8 Å². The van der Waals surface area contributed by atoms with Gasteiger partial charge in [0.1, 0.15) is 6.07 Å². The predicted molar refractivity (Wildman–Crippen MR) is 158 cm³/mol. The monoisotopic (exact) mass is 557 g/mol. The second kappa shape index (κ2) is 11.8. The van der Waals surface area contributed by atoms with Crippen molar-refractivity contribution >= 4 is 34.4 Å². The molecule has 0 aliphatic carbocycles. The lowest BCUT2D eigenvalue weighted by atomic mass is 10.1. The van der Waals surface area contributed by atoms with Crippen molar-refractivity contribution < 1.29 is 9.59 Å². The van der Waals surface area contributed by atoms with Gasteiger partial charge in [-0.3, -0.25) is 9.59 Å². The number of amides is 2. The minimum absolute atomic E-state index is 0.0367. The Morgan fingerprint density at radius 3 is 2.83 bits per heavy atom. The highest BCUT2D eigenvalue weighted by molar-refractivity contribution is 6.00. The van der Waals surface area contributed by atoms with Crippen molar-refractivity contribution in [3.63, 3.8) is 0 Å². The van der Waals surface area contributed by atoms with Gasteiger partial charge < -0.3 is 25.1 Å². The summed E-state index contributed by atoms with van der Waals surface area (Å²) in [5.41, 5.74) is 3.89. The zero-order chi connectivity index (χ0) is 28.9. The number of aromatic amines is 1. The average Bonchev–Trinajstić information content (AvgIpc) is 3.79. The normalized spacial score (nSPS) is 14.7. The molecule has 1 aliphatic heterocycles. The molecular formula is C31H27N9O2. The Labute approximate surface area is 241 Å². The summed E-state index contributed by atoms with van der Waals surface area (Å²) in [6.07, 6.45) is 12.5. The number of benzene rings is 2. The minimum atomic E-state index is -0.250. The van der Waals surface area contributed by atoms with Gasteiger partial charge in [0.25, 0.3) is 5.91 Å². The van der Waals surface area contributed by atoms with Gasteiger partial charge in [-0.25, -0.2) is 15.0 Å². The van der Waals surface area contributed by atoms with Crippen LogP contribution in [0.15, 0.2) is 91.8 Å². The fourth-order valence-electron chi connectivity index (χ4n) is 4.99. The Morgan fingerprint density at radius 1 is 1.17 bits per heavy atom. The van der Waals surface area contributed by atoms with E-state index in [1.807, 2.05) is 41.2 Å². The lowest BCUT2D eigenvalue weighted by molar-refractivity contribution is -0.111. The molecule has 5 aromatic rings. The summed E-state index contributed by atoms with van der Waals surface area (Å²) in [5, 5.41) is 16.8. The Kier molecular flexibility index (Phi) is 7.42. The van der Waals surface area contributed by atoms with E-state index in [1.54, 1.807) is 47.8 Å². The van der Waals surface area contributed by atoms with Gasteiger partial charge in [-0.05, 0) is 36.8 Å². The highest BCUT2D eigenvalue weighted by atomic mass is 16.2. The molecule has 2 aromatic carbocycles. The summed E-state index contributed by atoms with van der Waals surface area (Å²) < 4.78 is 1.85. The molecule has 1 aliphatic rings. The SMILES string of the molecule is N#Cc1cnc(N[C@@H]2CCN(C(=O)c3ccc(NC(=O)C=CCn4ccnc4)cc3)C2)nc1-c1c[nH]c2ccccc12. The number of fused-ring (bicyclic) bond motifs is 1. The van der Waals surface area contributed by atoms with E-state index in [-0.39, 0.29) is 17.9 Å². The van der Waals surface area contributed by atoms with Crippen LogP contribution in [-0.2, 0) is 11.3 Å². The van der Waals surface area contributed by atoms with Crippen LogP contribution >= 0.6 is 0 Å². The van der Waals surface area contributed by atoms with Crippen LogP contribution in [-0.4, -0.2) is 60.3 Å². The molecule has 2 amide bonds. The predicted octanol–water partition coefficient (Wildman–Crippen LogP) is 4.21. The number of carbonyl (C=O) groups excluding carboxylic acids is 2. The molecule has 1 saturated heterocycles. The van der Waals surface area contributed by atoms with Gasteiger partial charge in [-0.1, -0.05) is 24.3 Å². The smallest absolute Gasteiger partial charge is 0.253 e. The van der Waals surface area contributed by atoms with Crippen molar-refractivity contribution in [2.45, 2.75) is 19.0 Å².